The van der Waals surface area contributed by atoms with Crippen molar-refractivity contribution < 1.29 is 13.9 Å². The molecule has 2 aromatic carbocycles. The normalized spacial score (nSPS) is 15.3. The monoisotopic (exact) mass is 392 g/mol. The van der Waals surface area contributed by atoms with E-state index in [0.717, 1.165) is 21.4 Å². The number of ether oxygens (including phenoxy) is 1. The molecule has 0 amide bonds. The van der Waals surface area contributed by atoms with Gasteiger partial charge in [-0.1, -0.05) is 58.4 Å². The highest BCUT2D eigenvalue weighted by Crippen LogP contribution is 2.29. The van der Waals surface area contributed by atoms with Gasteiger partial charge in [-0.05, 0) is 36.4 Å². The second-order valence-electron chi connectivity index (χ2n) is 5.58. The van der Waals surface area contributed by atoms with Gasteiger partial charge in [-0.2, -0.15) is 0 Å². The van der Waals surface area contributed by atoms with Crippen molar-refractivity contribution in [1.82, 2.24) is 0 Å². The van der Waals surface area contributed by atoms with E-state index in [4.69, 9.17) is 9.15 Å². The fraction of sp³-hybridized carbons (Fsp3) is 0. The van der Waals surface area contributed by atoms with Crippen LogP contribution in [0.4, 0.5) is 0 Å². The topological polar surface area (TPSA) is 39.4 Å². The lowest BCUT2D eigenvalue weighted by molar-refractivity contribution is -0.130. The molecule has 1 aliphatic heterocycles. The van der Waals surface area contributed by atoms with E-state index >= 15 is 0 Å². The molecule has 4 heteroatoms. The van der Waals surface area contributed by atoms with Crippen molar-refractivity contribution in [2.75, 3.05) is 0 Å². The van der Waals surface area contributed by atoms with E-state index in [-0.39, 0.29) is 5.97 Å². The number of furan rings is 1. The number of halogens is 1. The zero-order valence-electron chi connectivity index (χ0n) is 13.1. The first-order chi connectivity index (χ1) is 12.2. The van der Waals surface area contributed by atoms with Crippen LogP contribution in [-0.4, -0.2) is 5.97 Å². The van der Waals surface area contributed by atoms with E-state index in [2.05, 4.69) is 15.9 Å². The van der Waals surface area contributed by atoms with Gasteiger partial charge in [0.25, 0.3) is 0 Å². The average molecular weight is 393 g/mol. The summed E-state index contributed by atoms with van der Waals surface area (Å²) in [6.07, 6.45) is 3.43. The van der Waals surface area contributed by atoms with Gasteiger partial charge in [0.1, 0.15) is 17.3 Å². The van der Waals surface area contributed by atoms with Crippen molar-refractivity contribution in [2.45, 2.75) is 0 Å². The molecule has 4 rings (SSSR count). The number of esters is 1. The molecule has 0 saturated carbocycles. The molecule has 0 radical (unpaired) electrons. The molecule has 0 aliphatic carbocycles. The molecular weight excluding hydrogens is 380 g/mol. The van der Waals surface area contributed by atoms with Gasteiger partial charge in [0.2, 0.25) is 0 Å². The van der Waals surface area contributed by atoms with Crippen molar-refractivity contribution in [3.63, 3.8) is 0 Å². The average Bonchev–Trinajstić information content (AvgIpc) is 3.24. The van der Waals surface area contributed by atoms with Crippen LogP contribution in [0.1, 0.15) is 11.3 Å². The van der Waals surface area contributed by atoms with Crippen molar-refractivity contribution in [2.24, 2.45) is 0 Å². The molecule has 0 atom stereocenters. The summed E-state index contributed by atoms with van der Waals surface area (Å²) in [6.45, 7) is 0. The number of cyclic esters (lactones) is 1. The Balaban J connectivity index is 1.63. The smallest absolute Gasteiger partial charge is 0.343 e. The summed E-state index contributed by atoms with van der Waals surface area (Å²) in [5.74, 6) is 1.52. The van der Waals surface area contributed by atoms with E-state index < -0.39 is 0 Å². The minimum Gasteiger partial charge on any atom is -0.457 e. The quantitative estimate of drug-likeness (QED) is 0.424. The van der Waals surface area contributed by atoms with E-state index in [1.54, 1.807) is 12.2 Å². The lowest BCUT2D eigenvalue weighted by Gasteiger charge is -1.99. The third kappa shape index (κ3) is 3.35. The van der Waals surface area contributed by atoms with Gasteiger partial charge in [0, 0.05) is 15.6 Å². The SMILES string of the molecule is O=C1OC(c2ccccc2)=CC1=Cc1ccc(-c2cccc(Br)c2)o1. The lowest BCUT2D eigenvalue weighted by Crippen LogP contribution is -1.96. The Bertz CT molecular complexity index is 997. The second kappa shape index (κ2) is 6.57. The molecule has 3 aromatic rings. The summed E-state index contributed by atoms with van der Waals surface area (Å²) in [5.41, 5.74) is 2.30. The Morgan fingerprint density at radius 1 is 0.880 bits per heavy atom. The number of hydrogen-bond acceptors (Lipinski definition) is 3. The van der Waals surface area contributed by atoms with Crippen LogP contribution in [0.3, 0.4) is 0 Å². The second-order valence-corrected chi connectivity index (χ2v) is 6.49. The predicted octanol–water partition coefficient (Wildman–Crippen LogP) is 5.69. The largest absolute Gasteiger partial charge is 0.457 e. The molecule has 122 valence electrons. The van der Waals surface area contributed by atoms with E-state index in [1.807, 2.05) is 66.7 Å². The summed E-state index contributed by atoms with van der Waals surface area (Å²) in [7, 11) is 0. The minimum atomic E-state index is -0.376. The van der Waals surface area contributed by atoms with Crippen LogP contribution in [0, 0.1) is 0 Å². The molecule has 2 heterocycles. The molecule has 0 saturated heterocycles. The van der Waals surface area contributed by atoms with Crippen molar-refractivity contribution in [1.29, 1.82) is 0 Å². The van der Waals surface area contributed by atoms with E-state index in [9.17, 15) is 4.79 Å². The van der Waals surface area contributed by atoms with Crippen molar-refractivity contribution >= 4 is 33.7 Å². The molecular formula is C21H13BrO3. The van der Waals surface area contributed by atoms with Crippen LogP contribution < -0.4 is 0 Å². The third-order valence-electron chi connectivity index (χ3n) is 3.82. The molecule has 0 unspecified atom stereocenters. The first-order valence-electron chi connectivity index (χ1n) is 7.76. The van der Waals surface area contributed by atoms with E-state index in [0.29, 0.717) is 17.1 Å². The molecule has 1 aliphatic rings. The van der Waals surface area contributed by atoms with Gasteiger partial charge in [-0.25, -0.2) is 4.79 Å². The molecule has 1 aromatic heterocycles. The molecule has 25 heavy (non-hydrogen) atoms. The predicted molar refractivity (Wildman–Crippen MR) is 100 cm³/mol. The number of benzene rings is 2. The standard InChI is InChI=1S/C21H13BrO3/c22-17-8-4-7-15(11-17)19-10-9-18(24-19)12-16-13-20(25-21(16)23)14-5-2-1-3-6-14/h1-13H. The maximum absolute atomic E-state index is 12.1. The highest BCUT2D eigenvalue weighted by atomic mass is 79.9. The Labute approximate surface area is 153 Å². The molecule has 0 N–H and O–H groups in total. The van der Waals surface area contributed by atoms with Gasteiger partial charge >= 0.3 is 5.97 Å². The summed E-state index contributed by atoms with van der Waals surface area (Å²) >= 11 is 3.45. The molecule has 0 spiro atoms. The fourth-order valence-corrected chi connectivity index (χ4v) is 3.01. The highest BCUT2D eigenvalue weighted by Gasteiger charge is 2.22. The van der Waals surface area contributed by atoms with Crippen LogP contribution in [0.25, 0.3) is 23.2 Å². The summed E-state index contributed by atoms with van der Waals surface area (Å²) in [4.78, 5) is 12.1. The van der Waals surface area contributed by atoms with Crippen LogP contribution in [0.5, 0.6) is 0 Å². The van der Waals surface area contributed by atoms with Gasteiger partial charge in [-0.15, -0.1) is 0 Å². The van der Waals surface area contributed by atoms with Gasteiger partial charge in [-0.3, -0.25) is 0 Å². The zero-order chi connectivity index (χ0) is 17.2. The zero-order valence-corrected chi connectivity index (χ0v) is 14.7. The minimum absolute atomic E-state index is 0.376. The van der Waals surface area contributed by atoms with Gasteiger partial charge in [0.15, 0.2) is 0 Å². The number of carbonyl (C=O) groups excluding carboxylic acids is 1. The van der Waals surface area contributed by atoms with E-state index in [1.165, 1.54) is 0 Å². The van der Waals surface area contributed by atoms with Crippen LogP contribution in [0.15, 0.2) is 87.3 Å². The number of hydrogen-bond donors (Lipinski definition) is 0. The maximum Gasteiger partial charge on any atom is 0.343 e. The summed E-state index contributed by atoms with van der Waals surface area (Å²) in [5, 5.41) is 0. The van der Waals surface area contributed by atoms with Crippen LogP contribution >= 0.6 is 15.9 Å². The Morgan fingerprint density at radius 2 is 1.68 bits per heavy atom. The molecule has 3 nitrogen and oxygen atoms in total. The Hall–Kier alpha value is -2.85. The van der Waals surface area contributed by atoms with Crippen LogP contribution in [0.2, 0.25) is 0 Å². The maximum atomic E-state index is 12.1. The number of carbonyl (C=O) groups is 1. The lowest BCUT2D eigenvalue weighted by atomic mass is 10.1. The third-order valence-corrected chi connectivity index (χ3v) is 4.31. The van der Waals surface area contributed by atoms with Gasteiger partial charge < -0.3 is 9.15 Å². The van der Waals surface area contributed by atoms with Crippen LogP contribution in [-0.2, 0) is 9.53 Å². The summed E-state index contributed by atoms with van der Waals surface area (Å²) < 4.78 is 12.2. The highest BCUT2D eigenvalue weighted by molar-refractivity contribution is 9.10. The summed E-state index contributed by atoms with van der Waals surface area (Å²) in [6, 6.07) is 21.1. The molecule has 0 bridgehead atoms. The Morgan fingerprint density at radius 3 is 2.48 bits per heavy atom. The van der Waals surface area contributed by atoms with Crippen molar-refractivity contribution in [3.8, 4) is 11.3 Å². The number of rotatable bonds is 3. The van der Waals surface area contributed by atoms with Gasteiger partial charge in [0.05, 0.1) is 5.57 Å². The first kappa shape index (κ1) is 15.7. The molecule has 0 fully saturated rings. The van der Waals surface area contributed by atoms with Crippen molar-refractivity contribution in [3.05, 3.63) is 94.2 Å². The first-order valence-corrected chi connectivity index (χ1v) is 8.55. The Kier molecular flexibility index (Phi) is 4.12. The fourth-order valence-electron chi connectivity index (χ4n) is 2.61.